The summed E-state index contributed by atoms with van der Waals surface area (Å²) in [5.74, 6) is 3.53. The van der Waals surface area contributed by atoms with Crippen molar-refractivity contribution in [2.45, 2.75) is 24.1 Å². The Kier molecular flexibility index (Phi) is 6.73. The van der Waals surface area contributed by atoms with E-state index in [2.05, 4.69) is 5.32 Å². The number of nitrogens with one attached hydrogen (secondary N) is 1. The van der Waals surface area contributed by atoms with Gasteiger partial charge in [0, 0.05) is 28.9 Å². The number of thioether (sulfide) groups is 2. The predicted octanol–water partition coefficient (Wildman–Crippen LogP) is 1.65. The summed E-state index contributed by atoms with van der Waals surface area (Å²) in [6.45, 7) is -0.0842. The van der Waals surface area contributed by atoms with Crippen LogP contribution in [0.3, 0.4) is 0 Å². The van der Waals surface area contributed by atoms with Gasteiger partial charge < -0.3 is 15.5 Å². The molecule has 1 aliphatic heterocycles. The summed E-state index contributed by atoms with van der Waals surface area (Å²) in [6, 6.07) is 6.56. The van der Waals surface area contributed by atoms with Crippen molar-refractivity contribution in [3.8, 4) is 5.75 Å². The minimum absolute atomic E-state index is 0.00725. The molecule has 0 saturated carbocycles. The van der Waals surface area contributed by atoms with E-state index in [9.17, 15) is 15.0 Å². The highest BCUT2D eigenvalue weighted by Gasteiger charge is 2.19. The number of aliphatic hydroxyl groups excluding tert-OH is 1. The first kappa shape index (κ1) is 16.5. The second-order valence-electron chi connectivity index (χ2n) is 5.09. The molecule has 0 bridgehead atoms. The fourth-order valence-corrected chi connectivity index (χ4v) is 4.91. The van der Waals surface area contributed by atoms with Gasteiger partial charge in [0.25, 0.3) is 0 Å². The molecule has 0 aromatic heterocycles. The molecular formula is C15H21NO3S2. The molecule has 0 aliphatic carbocycles. The number of phenols is 1. The van der Waals surface area contributed by atoms with Crippen molar-refractivity contribution < 1.29 is 15.0 Å². The highest BCUT2D eigenvalue weighted by atomic mass is 32.2. The van der Waals surface area contributed by atoms with Crippen molar-refractivity contribution in [1.29, 1.82) is 0 Å². The molecule has 1 unspecified atom stereocenters. The van der Waals surface area contributed by atoms with Crippen LogP contribution in [-0.2, 0) is 11.2 Å². The first-order valence-electron chi connectivity index (χ1n) is 7.05. The largest absolute Gasteiger partial charge is 0.508 e. The lowest BCUT2D eigenvalue weighted by atomic mass is 10.1. The van der Waals surface area contributed by atoms with Crippen molar-refractivity contribution in [2.75, 3.05) is 23.9 Å². The molecule has 1 fully saturated rings. The van der Waals surface area contributed by atoms with Crippen LogP contribution in [0.2, 0.25) is 0 Å². The van der Waals surface area contributed by atoms with Gasteiger partial charge >= 0.3 is 0 Å². The summed E-state index contributed by atoms with van der Waals surface area (Å²) in [4.78, 5) is 12.0. The Morgan fingerprint density at radius 2 is 2.10 bits per heavy atom. The fourth-order valence-electron chi connectivity index (χ4n) is 2.23. The molecule has 2 rings (SSSR count). The number of aliphatic hydroxyl groups is 1. The van der Waals surface area contributed by atoms with Crippen molar-refractivity contribution >= 4 is 29.4 Å². The third-order valence-electron chi connectivity index (χ3n) is 3.30. The molecule has 1 saturated heterocycles. The van der Waals surface area contributed by atoms with Gasteiger partial charge in [0.05, 0.1) is 12.6 Å². The topological polar surface area (TPSA) is 69.6 Å². The number of carbonyl (C=O) groups excluding carboxylic acids is 1. The maximum Gasteiger partial charge on any atom is 0.221 e. The molecule has 6 heteroatoms. The number of aromatic hydroxyl groups is 1. The summed E-state index contributed by atoms with van der Waals surface area (Å²) in [7, 11) is 0. The Labute approximate surface area is 133 Å². The first-order chi connectivity index (χ1) is 10.2. The minimum Gasteiger partial charge on any atom is -0.508 e. The zero-order chi connectivity index (χ0) is 15.1. The van der Waals surface area contributed by atoms with Gasteiger partial charge in [0.2, 0.25) is 5.91 Å². The standard InChI is InChI=1S/C15H21NO3S2/c17-9-12(7-11-1-3-13(18)4-2-11)16-15(19)8-14-10-20-5-6-21-14/h1-4,12,14,17-18H,5-10H2,(H,16,19)/t12-,14?/m0/s1. The van der Waals surface area contributed by atoms with Crippen LogP contribution < -0.4 is 5.32 Å². The van der Waals surface area contributed by atoms with Crippen LogP contribution in [0.25, 0.3) is 0 Å². The highest BCUT2D eigenvalue weighted by Crippen LogP contribution is 2.26. The lowest BCUT2D eigenvalue weighted by molar-refractivity contribution is -0.122. The molecule has 0 spiro atoms. The molecule has 116 valence electrons. The van der Waals surface area contributed by atoms with E-state index in [1.165, 1.54) is 5.75 Å². The number of benzene rings is 1. The maximum atomic E-state index is 12.0. The molecule has 2 atom stereocenters. The number of phenolic OH excluding ortho intramolecular Hbond substituents is 1. The Bertz CT molecular complexity index is 447. The van der Waals surface area contributed by atoms with Gasteiger partial charge in [-0.1, -0.05) is 12.1 Å². The minimum atomic E-state index is -0.275. The molecule has 1 aliphatic rings. The zero-order valence-electron chi connectivity index (χ0n) is 11.8. The number of carbonyl (C=O) groups is 1. The van der Waals surface area contributed by atoms with Crippen LogP contribution in [0.4, 0.5) is 0 Å². The third-order valence-corrected chi connectivity index (χ3v) is 6.15. The predicted molar refractivity (Wildman–Crippen MR) is 89.0 cm³/mol. The summed E-state index contributed by atoms with van der Waals surface area (Å²) >= 11 is 3.76. The van der Waals surface area contributed by atoms with Gasteiger partial charge in [0.15, 0.2) is 0 Å². The second-order valence-corrected chi connectivity index (χ2v) is 7.65. The summed E-state index contributed by atoms with van der Waals surface area (Å²) < 4.78 is 0. The van der Waals surface area contributed by atoms with Gasteiger partial charge in [0.1, 0.15) is 5.75 Å². The molecule has 3 N–H and O–H groups in total. The van der Waals surface area contributed by atoms with Gasteiger partial charge in [-0.15, -0.1) is 0 Å². The highest BCUT2D eigenvalue weighted by molar-refractivity contribution is 8.06. The molecule has 21 heavy (non-hydrogen) atoms. The quantitative estimate of drug-likeness (QED) is 0.741. The molecular weight excluding hydrogens is 306 g/mol. The van der Waals surface area contributed by atoms with E-state index in [0.29, 0.717) is 18.1 Å². The third kappa shape index (κ3) is 5.80. The van der Waals surface area contributed by atoms with E-state index in [4.69, 9.17) is 0 Å². The normalized spacial score (nSPS) is 20.0. The van der Waals surface area contributed by atoms with Crippen LogP contribution in [0.1, 0.15) is 12.0 Å². The Morgan fingerprint density at radius 1 is 1.33 bits per heavy atom. The van der Waals surface area contributed by atoms with E-state index in [1.807, 2.05) is 23.5 Å². The Hall–Kier alpha value is -0.850. The maximum absolute atomic E-state index is 12.0. The number of amides is 1. The number of rotatable bonds is 6. The van der Waals surface area contributed by atoms with Gasteiger partial charge in [-0.2, -0.15) is 23.5 Å². The summed E-state index contributed by atoms with van der Waals surface area (Å²) in [6.07, 6.45) is 1.08. The molecule has 4 nitrogen and oxygen atoms in total. The second kappa shape index (κ2) is 8.56. The number of hydrogen-bond acceptors (Lipinski definition) is 5. The van der Waals surface area contributed by atoms with Gasteiger partial charge in [-0.05, 0) is 24.1 Å². The van der Waals surface area contributed by atoms with E-state index >= 15 is 0 Å². The average molecular weight is 327 g/mol. The van der Waals surface area contributed by atoms with E-state index < -0.39 is 0 Å². The van der Waals surface area contributed by atoms with Gasteiger partial charge in [-0.25, -0.2) is 0 Å². The van der Waals surface area contributed by atoms with Crippen molar-refractivity contribution in [3.05, 3.63) is 29.8 Å². The van der Waals surface area contributed by atoms with E-state index in [1.54, 1.807) is 24.3 Å². The van der Waals surface area contributed by atoms with Crippen LogP contribution in [-0.4, -0.2) is 51.3 Å². The molecule has 1 aromatic carbocycles. The van der Waals surface area contributed by atoms with Crippen molar-refractivity contribution in [2.24, 2.45) is 0 Å². The smallest absolute Gasteiger partial charge is 0.221 e. The van der Waals surface area contributed by atoms with Crippen molar-refractivity contribution in [1.82, 2.24) is 5.32 Å². The van der Waals surface area contributed by atoms with Crippen molar-refractivity contribution in [3.63, 3.8) is 0 Å². The summed E-state index contributed by atoms with van der Waals surface area (Å²) in [5, 5.41) is 22.0. The van der Waals surface area contributed by atoms with Crippen LogP contribution in [0, 0.1) is 0 Å². The zero-order valence-corrected chi connectivity index (χ0v) is 13.5. The summed E-state index contributed by atoms with van der Waals surface area (Å²) in [5.41, 5.74) is 0.981. The molecule has 1 heterocycles. The SMILES string of the molecule is O=C(CC1CSCCS1)N[C@H](CO)Cc1ccc(O)cc1. The number of hydrogen-bond donors (Lipinski definition) is 3. The molecule has 0 radical (unpaired) electrons. The van der Waals surface area contributed by atoms with Crippen LogP contribution in [0.5, 0.6) is 5.75 Å². The van der Waals surface area contributed by atoms with Gasteiger partial charge in [-0.3, -0.25) is 4.79 Å². The Balaban J connectivity index is 1.80. The van der Waals surface area contributed by atoms with E-state index in [-0.39, 0.29) is 24.3 Å². The first-order valence-corrected chi connectivity index (χ1v) is 9.25. The molecule has 1 aromatic rings. The van der Waals surface area contributed by atoms with Crippen LogP contribution in [0.15, 0.2) is 24.3 Å². The average Bonchev–Trinajstić information content (AvgIpc) is 2.49. The van der Waals surface area contributed by atoms with Crippen LogP contribution >= 0.6 is 23.5 Å². The Morgan fingerprint density at radius 3 is 2.71 bits per heavy atom. The lowest BCUT2D eigenvalue weighted by Crippen LogP contribution is -2.40. The monoisotopic (exact) mass is 327 g/mol. The molecule has 1 amide bonds. The van der Waals surface area contributed by atoms with E-state index in [0.717, 1.165) is 17.1 Å². The fraction of sp³-hybridized carbons (Fsp3) is 0.533. The lowest BCUT2D eigenvalue weighted by Gasteiger charge is -2.22.